The number of ether oxygens (including phenoxy) is 1. The third-order valence-corrected chi connectivity index (χ3v) is 2.49. The molecule has 4 nitrogen and oxygen atoms in total. The normalized spacial score (nSPS) is 10.4. The SMILES string of the molecule is CC(=O)c1cc(F)ccc1Oc1cc(C)nn1C. The first-order valence-electron chi connectivity index (χ1n) is 5.46. The summed E-state index contributed by atoms with van der Waals surface area (Å²) in [7, 11) is 1.74. The molecule has 0 spiro atoms. The molecule has 18 heavy (non-hydrogen) atoms. The summed E-state index contributed by atoms with van der Waals surface area (Å²) in [6.07, 6.45) is 0. The van der Waals surface area contributed by atoms with Gasteiger partial charge in [-0.25, -0.2) is 9.07 Å². The minimum absolute atomic E-state index is 0.217. The van der Waals surface area contributed by atoms with Gasteiger partial charge in [-0.3, -0.25) is 4.79 Å². The predicted molar refractivity (Wildman–Crippen MR) is 64.4 cm³/mol. The lowest BCUT2D eigenvalue weighted by Gasteiger charge is -2.09. The topological polar surface area (TPSA) is 44.1 Å². The van der Waals surface area contributed by atoms with Gasteiger partial charge in [-0.15, -0.1) is 0 Å². The molecule has 0 unspecified atom stereocenters. The van der Waals surface area contributed by atoms with Crippen molar-refractivity contribution in [3.05, 3.63) is 41.3 Å². The van der Waals surface area contributed by atoms with E-state index in [4.69, 9.17) is 4.74 Å². The van der Waals surface area contributed by atoms with Crippen LogP contribution in [0.15, 0.2) is 24.3 Å². The molecule has 1 aromatic carbocycles. The molecule has 0 bridgehead atoms. The van der Waals surface area contributed by atoms with Gasteiger partial charge < -0.3 is 4.74 Å². The minimum Gasteiger partial charge on any atom is -0.439 e. The van der Waals surface area contributed by atoms with E-state index in [2.05, 4.69) is 5.10 Å². The maximum absolute atomic E-state index is 13.1. The van der Waals surface area contributed by atoms with Gasteiger partial charge >= 0.3 is 0 Å². The molecular formula is C13H13FN2O2. The number of aromatic nitrogens is 2. The summed E-state index contributed by atoms with van der Waals surface area (Å²) < 4.78 is 20.3. The van der Waals surface area contributed by atoms with Crippen molar-refractivity contribution in [2.24, 2.45) is 7.05 Å². The van der Waals surface area contributed by atoms with Crippen molar-refractivity contribution in [1.29, 1.82) is 0 Å². The van der Waals surface area contributed by atoms with Crippen LogP contribution >= 0.6 is 0 Å². The highest BCUT2D eigenvalue weighted by molar-refractivity contribution is 5.96. The third kappa shape index (κ3) is 2.40. The molecule has 0 aliphatic rings. The Bertz CT molecular complexity index is 605. The number of hydrogen-bond acceptors (Lipinski definition) is 3. The fourth-order valence-corrected chi connectivity index (χ4v) is 1.66. The van der Waals surface area contributed by atoms with Crippen LogP contribution in [0.4, 0.5) is 4.39 Å². The van der Waals surface area contributed by atoms with E-state index in [9.17, 15) is 9.18 Å². The van der Waals surface area contributed by atoms with Crippen molar-refractivity contribution in [2.75, 3.05) is 0 Å². The molecule has 5 heteroatoms. The number of carbonyl (C=O) groups is 1. The molecule has 0 saturated carbocycles. The molecule has 2 rings (SSSR count). The minimum atomic E-state index is -0.464. The van der Waals surface area contributed by atoms with Gasteiger partial charge in [0.1, 0.15) is 11.6 Å². The molecule has 2 aromatic rings. The number of hydrogen-bond donors (Lipinski definition) is 0. The second-order valence-electron chi connectivity index (χ2n) is 4.05. The maximum atomic E-state index is 13.1. The molecular weight excluding hydrogens is 235 g/mol. The molecule has 0 amide bonds. The van der Waals surface area contributed by atoms with Gasteiger partial charge in [-0.2, -0.15) is 5.10 Å². The van der Waals surface area contributed by atoms with Gasteiger partial charge in [0.15, 0.2) is 5.78 Å². The number of rotatable bonds is 3. The highest BCUT2D eigenvalue weighted by atomic mass is 19.1. The quantitative estimate of drug-likeness (QED) is 0.784. The lowest BCUT2D eigenvalue weighted by atomic mass is 10.1. The summed E-state index contributed by atoms with van der Waals surface area (Å²) in [4.78, 5) is 11.4. The van der Waals surface area contributed by atoms with Gasteiger partial charge in [0.05, 0.1) is 11.3 Å². The molecule has 0 fully saturated rings. The number of nitrogens with zero attached hydrogens (tertiary/aromatic N) is 2. The molecule has 1 heterocycles. The number of benzene rings is 1. The lowest BCUT2D eigenvalue weighted by Crippen LogP contribution is -2.01. The Morgan fingerprint density at radius 2 is 2.11 bits per heavy atom. The second kappa shape index (κ2) is 4.60. The van der Waals surface area contributed by atoms with Crippen molar-refractivity contribution in [1.82, 2.24) is 9.78 Å². The second-order valence-corrected chi connectivity index (χ2v) is 4.05. The van der Waals surface area contributed by atoms with Gasteiger partial charge in [-0.1, -0.05) is 0 Å². The van der Waals surface area contributed by atoms with Crippen LogP contribution in [-0.4, -0.2) is 15.6 Å². The number of Topliss-reactive ketones (excluding diaryl/α,β-unsaturated/α-hetero) is 1. The smallest absolute Gasteiger partial charge is 0.217 e. The van der Waals surface area contributed by atoms with Crippen LogP contribution < -0.4 is 4.74 Å². The zero-order valence-corrected chi connectivity index (χ0v) is 10.4. The van der Waals surface area contributed by atoms with Crippen molar-refractivity contribution >= 4 is 5.78 Å². The van der Waals surface area contributed by atoms with Crippen molar-refractivity contribution < 1.29 is 13.9 Å². The van der Waals surface area contributed by atoms with Crippen LogP contribution in [0.2, 0.25) is 0 Å². The highest BCUT2D eigenvalue weighted by Crippen LogP contribution is 2.26. The van der Waals surface area contributed by atoms with Gasteiger partial charge in [0.25, 0.3) is 0 Å². The van der Waals surface area contributed by atoms with E-state index < -0.39 is 5.82 Å². The van der Waals surface area contributed by atoms with E-state index in [1.165, 1.54) is 25.1 Å². The van der Waals surface area contributed by atoms with E-state index in [-0.39, 0.29) is 11.3 Å². The summed E-state index contributed by atoms with van der Waals surface area (Å²) in [6.45, 7) is 3.21. The Morgan fingerprint density at radius 3 is 2.67 bits per heavy atom. The van der Waals surface area contributed by atoms with E-state index >= 15 is 0 Å². The average Bonchev–Trinajstić information content (AvgIpc) is 2.60. The zero-order chi connectivity index (χ0) is 13.3. The van der Waals surface area contributed by atoms with Crippen molar-refractivity contribution in [3.8, 4) is 11.6 Å². The summed E-state index contributed by atoms with van der Waals surface area (Å²) in [5, 5.41) is 4.13. The fourth-order valence-electron chi connectivity index (χ4n) is 1.66. The van der Waals surface area contributed by atoms with E-state index in [0.717, 1.165) is 5.69 Å². The van der Waals surface area contributed by atoms with Gasteiger partial charge in [0.2, 0.25) is 5.88 Å². The summed E-state index contributed by atoms with van der Waals surface area (Å²) in [6, 6.07) is 5.60. The first kappa shape index (κ1) is 12.3. The van der Waals surface area contributed by atoms with Gasteiger partial charge in [-0.05, 0) is 32.0 Å². The average molecular weight is 248 g/mol. The lowest BCUT2D eigenvalue weighted by molar-refractivity contribution is 0.101. The molecule has 0 atom stereocenters. The van der Waals surface area contributed by atoms with Crippen LogP contribution in [-0.2, 0) is 7.05 Å². The molecule has 0 aliphatic heterocycles. The summed E-state index contributed by atoms with van der Waals surface area (Å²) in [5.41, 5.74) is 1.02. The molecule has 94 valence electrons. The Kier molecular flexibility index (Phi) is 3.14. The molecule has 0 aliphatic carbocycles. The summed E-state index contributed by atoms with van der Waals surface area (Å²) >= 11 is 0. The molecule has 0 radical (unpaired) electrons. The zero-order valence-electron chi connectivity index (χ0n) is 10.4. The molecule has 0 N–H and O–H groups in total. The van der Waals surface area contributed by atoms with Crippen molar-refractivity contribution in [2.45, 2.75) is 13.8 Å². The van der Waals surface area contributed by atoms with Crippen LogP contribution in [0.5, 0.6) is 11.6 Å². The largest absolute Gasteiger partial charge is 0.439 e. The van der Waals surface area contributed by atoms with E-state index in [1.54, 1.807) is 17.8 Å². The predicted octanol–water partition coefficient (Wildman–Crippen LogP) is 2.86. The number of aryl methyl sites for hydroxylation is 2. The van der Waals surface area contributed by atoms with Gasteiger partial charge in [0, 0.05) is 13.1 Å². The number of halogens is 1. The standard InChI is InChI=1S/C13H13FN2O2/c1-8-6-13(16(3)15-8)18-12-5-4-10(14)7-11(12)9(2)17/h4-7H,1-3H3. The third-order valence-electron chi connectivity index (χ3n) is 2.49. The van der Waals surface area contributed by atoms with E-state index in [0.29, 0.717) is 11.6 Å². The Hall–Kier alpha value is -2.17. The van der Waals surface area contributed by atoms with Crippen LogP contribution in [0, 0.1) is 12.7 Å². The summed E-state index contributed by atoms with van der Waals surface area (Å²) in [5.74, 6) is 0.116. The Morgan fingerprint density at radius 1 is 1.39 bits per heavy atom. The molecule has 0 saturated heterocycles. The number of carbonyl (C=O) groups excluding carboxylic acids is 1. The molecule has 1 aromatic heterocycles. The van der Waals surface area contributed by atoms with Crippen LogP contribution in [0.25, 0.3) is 0 Å². The Labute approximate surface area is 104 Å². The van der Waals surface area contributed by atoms with Crippen molar-refractivity contribution in [3.63, 3.8) is 0 Å². The Balaban J connectivity index is 2.40. The first-order valence-corrected chi connectivity index (χ1v) is 5.46. The number of ketones is 1. The van der Waals surface area contributed by atoms with E-state index in [1.807, 2.05) is 6.92 Å². The monoisotopic (exact) mass is 248 g/mol. The van der Waals surface area contributed by atoms with Crippen LogP contribution in [0.1, 0.15) is 23.0 Å². The van der Waals surface area contributed by atoms with Crippen LogP contribution in [0.3, 0.4) is 0 Å². The fraction of sp³-hybridized carbons (Fsp3) is 0.231. The first-order chi connectivity index (χ1) is 8.47. The maximum Gasteiger partial charge on any atom is 0.217 e. The highest BCUT2D eigenvalue weighted by Gasteiger charge is 2.12.